The number of hydrogen-bond donors (Lipinski definition) is 2. The first-order valence-corrected chi connectivity index (χ1v) is 5.70. The molecule has 2 atom stereocenters. The molecule has 0 bridgehead atoms. The highest BCUT2D eigenvalue weighted by molar-refractivity contribution is 5.81. The van der Waals surface area contributed by atoms with E-state index in [0.29, 0.717) is 12.1 Å². The van der Waals surface area contributed by atoms with Gasteiger partial charge in [-0.1, -0.05) is 13.3 Å². The lowest BCUT2D eigenvalue weighted by atomic mass is 10.2. The van der Waals surface area contributed by atoms with Crippen molar-refractivity contribution in [2.45, 2.75) is 64.6 Å². The minimum absolute atomic E-state index is 0.0400. The fourth-order valence-corrected chi connectivity index (χ4v) is 1.55. The minimum atomic E-state index is -0.0400. The van der Waals surface area contributed by atoms with Crippen LogP contribution in [-0.2, 0) is 4.79 Å². The number of amides is 1. The highest BCUT2D eigenvalue weighted by Gasteiger charge is 2.25. The summed E-state index contributed by atoms with van der Waals surface area (Å²) < 4.78 is 0. The lowest BCUT2D eigenvalue weighted by Gasteiger charge is -2.17. The van der Waals surface area contributed by atoms with Gasteiger partial charge in [-0.05, 0) is 33.1 Å². The van der Waals surface area contributed by atoms with Gasteiger partial charge >= 0.3 is 0 Å². The van der Waals surface area contributed by atoms with Crippen molar-refractivity contribution < 1.29 is 4.79 Å². The van der Waals surface area contributed by atoms with E-state index in [1.54, 1.807) is 0 Å². The number of nitrogens with one attached hydrogen (secondary N) is 2. The van der Waals surface area contributed by atoms with Gasteiger partial charge in [0.1, 0.15) is 0 Å². The number of carbonyl (C=O) groups is 1. The third-order valence-corrected chi connectivity index (χ3v) is 2.57. The van der Waals surface area contributed by atoms with Crippen LogP contribution in [0.4, 0.5) is 0 Å². The van der Waals surface area contributed by atoms with Crippen LogP contribution in [0.3, 0.4) is 0 Å². The van der Waals surface area contributed by atoms with Crippen LogP contribution in [0.15, 0.2) is 0 Å². The van der Waals surface area contributed by atoms with Crippen LogP contribution in [-0.4, -0.2) is 24.0 Å². The minimum Gasteiger partial charge on any atom is -0.352 e. The summed E-state index contributed by atoms with van der Waals surface area (Å²) in [6.07, 6.45) is 4.62. The molecule has 2 N–H and O–H groups in total. The van der Waals surface area contributed by atoms with Crippen molar-refractivity contribution in [2.24, 2.45) is 0 Å². The van der Waals surface area contributed by atoms with E-state index >= 15 is 0 Å². The average molecular weight is 198 g/mol. The average Bonchev–Trinajstić information content (AvgIpc) is 2.88. The number of carbonyl (C=O) groups excluding carboxylic acids is 1. The van der Waals surface area contributed by atoms with E-state index in [4.69, 9.17) is 0 Å². The fraction of sp³-hybridized carbons (Fsp3) is 0.909. The quantitative estimate of drug-likeness (QED) is 0.678. The summed E-state index contributed by atoms with van der Waals surface area (Å²) in [6, 6.07) is 0.856. The zero-order valence-electron chi connectivity index (χ0n) is 9.47. The van der Waals surface area contributed by atoms with Crippen LogP contribution in [0.5, 0.6) is 0 Å². The first-order valence-electron chi connectivity index (χ1n) is 5.70. The first-order chi connectivity index (χ1) is 6.63. The van der Waals surface area contributed by atoms with Crippen molar-refractivity contribution in [3.8, 4) is 0 Å². The maximum absolute atomic E-state index is 11.6. The van der Waals surface area contributed by atoms with Gasteiger partial charge in [-0.3, -0.25) is 4.79 Å². The molecule has 0 heterocycles. The van der Waals surface area contributed by atoms with Gasteiger partial charge in [-0.25, -0.2) is 0 Å². The maximum Gasteiger partial charge on any atom is 0.237 e. The van der Waals surface area contributed by atoms with Crippen LogP contribution in [0.2, 0.25) is 0 Å². The topological polar surface area (TPSA) is 41.1 Å². The third kappa shape index (κ3) is 4.09. The fourth-order valence-electron chi connectivity index (χ4n) is 1.55. The van der Waals surface area contributed by atoms with Crippen LogP contribution < -0.4 is 10.6 Å². The van der Waals surface area contributed by atoms with Crippen molar-refractivity contribution in [1.82, 2.24) is 10.6 Å². The van der Waals surface area contributed by atoms with Crippen LogP contribution in [0.25, 0.3) is 0 Å². The van der Waals surface area contributed by atoms with E-state index in [0.717, 1.165) is 12.8 Å². The molecule has 2 unspecified atom stereocenters. The van der Waals surface area contributed by atoms with Crippen LogP contribution in [0.1, 0.15) is 46.5 Å². The molecule has 1 aliphatic rings. The summed E-state index contributed by atoms with van der Waals surface area (Å²) in [7, 11) is 0. The van der Waals surface area contributed by atoms with Crippen molar-refractivity contribution in [1.29, 1.82) is 0 Å². The Hall–Kier alpha value is -0.570. The monoisotopic (exact) mass is 198 g/mol. The van der Waals surface area contributed by atoms with E-state index in [-0.39, 0.29) is 11.9 Å². The van der Waals surface area contributed by atoms with Crippen molar-refractivity contribution in [3.05, 3.63) is 0 Å². The van der Waals surface area contributed by atoms with Crippen LogP contribution >= 0.6 is 0 Å². The Balaban J connectivity index is 2.17. The SMILES string of the molecule is CCCC(C)NC(=O)C(C)NC1CC1. The molecular weight excluding hydrogens is 176 g/mol. The van der Waals surface area contributed by atoms with Crippen molar-refractivity contribution >= 4 is 5.91 Å². The van der Waals surface area contributed by atoms with Gasteiger partial charge in [0.05, 0.1) is 6.04 Å². The van der Waals surface area contributed by atoms with Gasteiger partial charge < -0.3 is 10.6 Å². The maximum atomic E-state index is 11.6. The lowest BCUT2D eigenvalue weighted by Crippen LogP contribution is -2.46. The normalized spacial score (nSPS) is 20.2. The van der Waals surface area contributed by atoms with Gasteiger partial charge in [0.15, 0.2) is 0 Å². The van der Waals surface area contributed by atoms with Crippen molar-refractivity contribution in [3.63, 3.8) is 0 Å². The molecule has 0 saturated heterocycles. The molecule has 14 heavy (non-hydrogen) atoms. The van der Waals surface area contributed by atoms with Gasteiger partial charge in [0, 0.05) is 12.1 Å². The second-order valence-corrected chi connectivity index (χ2v) is 4.36. The molecule has 0 aromatic carbocycles. The molecular formula is C11H22N2O. The molecule has 0 radical (unpaired) electrons. The lowest BCUT2D eigenvalue weighted by molar-refractivity contribution is -0.123. The van der Waals surface area contributed by atoms with E-state index in [1.165, 1.54) is 12.8 Å². The molecule has 82 valence electrons. The molecule has 1 fully saturated rings. The zero-order chi connectivity index (χ0) is 10.6. The number of hydrogen-bond acceptors (Lipinski definition) is 2. The zero-order valence-corrected chi connectivity index (χ0v) is 9.47. The predicted molar refractivity (Wildman–Crippen MR) is 58.1 cm³/mol. The smallest absolute Gasteiger partial charge is 0.237 e. The molecule has 1 rings (SSSR count). The summed E-state index contributed by atoms with van der Waals surface area (Å²) in [5.74, 6) is 0.137. The van der Waals surface area contributed by atoms with Gasteiger partial charge in [-0.2, -0.15) is 0 Å². The van der Waals surface area contributed by atoms with Gasteiger partial charge in [0.25, 0.3) is 0 Å². The number of rotatable bonds is 6. The van der Waals surface area contributed by atoms with E-state index in [1.807, 2.05) is 6.92 Å². The standard InChI is InChI=1S/C11H22N2O/c1-4-5-8(2)12-11(14)9(3)13-10-6-7-10/h8-10,13H,4-7H2,1-3H3,(H,12,14). The Morgan fingerprint density at radius 1 is 1.43 bits per heavy atom. The van der Waals surface area contributed by atoms with E-state index < -0.39 is 0 Å². The highest BCUT2D eigenvalue weighted by atomic mass is 16.2. The Morgan fingerprint density at radius 2 is 2.07 bits per heavy atom. The Bertz CT molecular complexity index is 190. The molecule has 1 aliphatic carbocycles. The Morgan fingerprint density at radius 3 is 2.57 bits per heavy atom. The molecule has 0 aromatic heterocycles. The van der Waals surface area contributed by atoms with Gasteiger partial charge in [-0.15, -0.1) is 0 Å². The molecule has 0 aromatic rings. The Labute approximate surface area is 86.6 Å². The summed E-state index contributed by atoms with van der Waals surface area (Å²) in [6.45, 7) is 6.13. The molecule has 0 spiro atoms. The van der Waals surface area contributed by atoms with E-state index in [9.17, 15) is 4.79 Å². The second kappa shape index (κ2) is 5.35. The molecule has 1 amide bonds. The predicted octanol–water partition coefficient (Wildman–Crippen LogP) is 1.43. The Kier molecular flexibility index (Phi) is 4.39. The van der Waals surface area contributed by atoms with Gasteiger partial charge in [0.2, 0.25) is 5.91 Å². The summed E-state index contributed by atoms with van der Waals surface area (Å²) >= 11 is 0. The van der Waals surface area contributed by atoms with E-state index in [2.05, 4.69) is 24.5 Å². The second-order valence-electron chi connectivity index (χ2n) is 4.36. The summed E-state index contributed by atoms with van der Waals surface area (Å²) in [5.41, 5.74) is 0. The summed E-state index contributed by atoms with van der Waals surface area (Å²) in [5, 5.41) is 6.30. The summed E-state index contributed by atoms with van der Waals surface area (Å²) in [4.78, 5) is 11.6. The van der Waals surface area contributed by atoms with Crippen LogP contribution in [0, 0.1) is 0 Å². The first kappa shape index (κ1) is 11.5. The third-order valence-electron chi connectivity index (χ3n) is 2.57. The highest BCUT2D eigenvalue weighted by Crippen LogP contribution is 2.19. The molecule has 0 aliphatic heterocycles. The van der Waals surface area contributed by atoms with Crippen molar-refractivity contribution in [2.75, 3.05) is 0 Å². The largest absolute Gasteiger partial charge is 0.352 e. The molecule has 3 heteroatoms. The molecule has 1 saturated carbocycles. The molecule has 3 nitrogen and oxygen atoms in total.